The monoisotopic (exact) mass is 407 g/mol. The van der Waals surface area contributed by atoms with E-state index in [9.17, 15) is 4.79 Å². The summed E-state index contributed by atoms with van der Waals surface area (Å²) in [6, 6.07) is 4.23. The molecule has 0 spiro atoms. The number of piperidine rings is 1. The van der Waals surface area contributed by atoms with Crippen LogP contribution < -0.4 is 10.6 Å². The Balaban J connectivity index is 0.00000161. The maximum atomic E-state index is 12.2. The van der Waals surface area contributed by atoms with Crippen LogP contribution in [0.15, 0.2) is 21.3 Å². The van der Waals surface area contributed by atoms with Gasteiger partial charge in [0.25, 0.3) is 5.91 Å². The van der Waals surface area contributed by atoms with Crippen molar-refractivity contribution in [3.8, 4) is 9.88 Å². The second-order valence-electron chi connectivity index (χ2n) is 4.66. The maximum Gasteiger partial charge on any atom is 0.271 e. The first-order chi connectivity index (χ1) is 9.72. The minimum absolute atomic E-state index is 0. The van der Waals surface area contributed by atoms with Crippen molar-refractivity contribution in [2.24, 2.45) is 0 Å². The van der Waals surface area contributed by atoms with Gasteiger partial charge in [-0.1, -0.05) is 0 Å². The average molecular weight is 409 g/mol. The lowest BCUT2D eigenvalue weighted by molar-refractivity contribution is 0.0926. The van der Waals surface area contributed by atoms with Gasteiger partial charge >= 0.3 is 0 Å². The van der Waals surface area contributed by atoms with Gasteiger partial charge in [-0.3, -0.25) is 4.79 Å². The van der Waals surface area contributed by atoms with Gasteiger partial charge in [0.1, 0.15) is 10.7 Å². The molecular formula is C13H15BrClN3OS2. The Morgan fingerprint density at radius 1 is 1.48 bits per heavy atom. The largest absolute Gasteiger partial charge is 0.347 e. The molecule has 114 valence electrons. The maximum absolute atomic E-state index is 12.2. The Kier molecular flexibility index (Phi) is 6.19. The standard InChI is InChI=1S/C13H14BrN3OS2.ClH/c14-11-4-3-10(20-11)13-17-9(7-19-13)12(18)16-8-2-1-5-15-6-8;/h3-4,7-8,15H,1-2,5-6H2,(H,16,18);1H/t8-;/m0./s1. The van der Waals surface area contributed by atoms with Crippen molar-refractivity contribution >= 4 is 56.9 Å². The summed E-state index contributed by atoms with van der Waals surface area (Å²) in [4.78, 5) is 17.7. The molecule has 0 unspecified atom stereocenters. The van der Waals surface area contributed by atoms with Gasteiger partial charge in [-0.15, -0.1) is 35.1 Å². The molecule has 0 radical (unpaired) electrons. The fourth-order valence-corrected chi connectivity index (χ4v) is 4.41. The van der Waals surface area contributed by atoms with Crippen molar-refractivity contribution < 1.29 is 4.79 Å². The normalized spacial score (nSPS) is 18.0. The molecule has 2 aromatic heterocycles. The van der Waals surface area contributed by atoms with Crippen LogP contribution in [0.4, 0.5) is 0 Å². The number of carbonyl (C=O) groups excluding carboxylic acids is 1. The predicted octanol–water partition coefficient (Wildman–Crippen LogP) is 3.54. The molecule has 1 aliphatic rings. The van der Waals surface area contributed by atoms with Gasteiger partial charge in [0.2, 0.25) is 0 Å². The minimum Gasteiger partial charge on any atom is -0.347 e. The van der Waals surface area contributed by atoms with Crippen LogP contribution in [-0.2, 0) is 0 Å². The van der Waals surface area contributed by atoms with E-state index in [1.807, 2.05) is 17.5 Å². The highest BCUT2D eigenvalue weighted by Gasteiger charge is 2.18. The first-order valence-corrected chi connectivity index (χ1v) is 8.94. The molecule has 8 heteroatoms. The Morgan fingerprint density at radius 3 is 3.00 bits per heavy atom. The molecule has 1 fully saturated rings. The number of nitrogens with zero attached hydrogens (tertiary/aromatic N) is 1. The first kappa shape index (κ1) is 16.9. The SMILES string of the molecule is Cl.O=C(N[C@H]1CCCNC1)c1csc(-c2ccc(Br)s2)n1. The van der Waals surface area contributed by atoms with Crippen LogP contribution in [0, 0.1) is 0 Å². The molecule has 4 nitrogen and oxygen atoms in total. The van der Waals surface area contributed by atoms with Crippen molar-refractivity contribution in [1.29, 1.82) is 0 Å². The smallest absolute Gasteiger partial charge is 0.271 e. The second kappa shape index (κ2) is 7.69. The Morgan fingerprint density at radius 2 is 2.33 bits per heavy atom. The van der Waals surface area contributed by atoms with E-state index in [-0.39, 0.29) is 24.4 Å². The summed E-state index contributed by atoms with van der Waals surface area (Å²) >= 11 is 6.57. The lowest BCUT2D eigenvalue weighted by Crippen LogP contribution is -2.45. The highest BCUT2D eigenvalue weighted by molar-refractivity contribution is 9.11. The molecule has 0 bridgehead atoms. The van der Waals surface area contributed by atoms with Crippen LogP contribution in [0.5, 0.6) is 0 Å². The second-order valence-corrected chi connectivity index (χ2v) is 7.98. The van der Waals surface area contributed by atoms with Gasteiger partial charge in [-0.25, -0.2) is 4.98 Å². The van der Waals surface area contributed by atoms with Gasteiger partial charge in [0, 0.05) is 18.0 Å². The third-order valence-electron chi connectivity index (χ3n) is 3.15. The van der Waals surface area contributed by atoms with Crippen molar-refractivity contribution in [3.05, 3.63) is 27.0 Å². The highest BCUT2D eigenvalue weighted by Crippen LogP contribution is 2.33. The van der Waals surface area contributed by atoms with Crippen molar-refractivity contribution in [2.45, 2.75) is 18.9 Å². The predicted molar refractivity (Wildman–Crippen MR) is 93.7 cm³/mol. The van der Waals surface area contributed by atoms with Gasteiger partial charge < -0.3 is 10.6 Å². The van der Waals surface area contributed by atoms with Crippen molar-refractivity contribution in [3.63, 3.8) is 0 Å². The summed E-state index contributed by atoms with van der Waals surface area (Å²) in [5.74, 6) is -0.0724. The summed E-state index contributed by atoms with van der Waals surface area (Å²) in [6.45, 7) is 1.89. The zero-order chi connectivity index (χ0) is 13.9. The fraction of sp³-hybridized carbons (Fsp3) is 0.385. The first-order valence-electron chi connectivity index (χ1n) is 6.45. The van der Waals surface area contributed by atoms with E-state index in [2.05, 4.69) is 31.5 Å². The zero-order valence-corrected chi connectivity index (χ0v) is 15.1. The number of thiophene rings is 1. The molecule has 0 aliphatic carbocycles. The van der Waals surface area contributed by atoms with Crippen molar-refractivity contribution in [1.82, 2.24) is 15.6 Å². The van der Waals surface area contributed by atoms with Gasteiger partial charge in [0.15, 0.2) is 0 Å². The molecule has 0 aromatic carbocycles. The van der Waals surface area contributed by atoms with Crippen LogP contribution >= 0.6 is 51.0 Å². The fourth-order valence-electron chi connectivity index (χ4n) is 2.15. The molecule has 1 atom stereocenters. The number of amides is 1. The van der Waals surface area contributed by atoms with Crippen molar-refractivity contribution in [2.75, 3.05) is 13.1 Å². The van der Waals surface area contributed by atoms with Gasteiger partial charge in [-0.05, 0) is 47.4 Å². The van der Waals surface area contributed by atoms with E-state index >= 15 is 0 Å². The van der Waals surface area contributed by atoms with E-state index in [4.69, 9.17) is 0 Å². The molecule has 1 aliphatic heterocycles. The minimum atomic E-state index is -0.0724. The quantitative estimate of drug-likeness (QED) is 0.817. The average Bonchev–Trinajstić information content (AvgIpc) is 3.08. The summed E-state index contributed by atoms with van der Waals surface area (Å²) < 4.78 is 1.07. The van der Waals surface area contributed by atoms with Gasteiger partial charge in [-0.2, -0.15) is 0 Å². The van der Waals surface area contributed by atoms with Crippen LogP contribution in [0.25, 0.3) is 9.88 Å². The topological polar surface area (TPSA) is 54.0 Å². The van der Waals surface area contributed by atoms with Crippen LogP contribution in [0.2, 0.25) is 0 Å². The molecule has 3 heterocycles. The van der Waals surface area contributed by atoms with Crippen LogP contribution in [0.1, 0.15) is 23.3 Å². The third kappa shape index (κ3) is 4.26. The molecule has 0 saturated carbocycles. The van der Waals surface area contributed by atoms with E-state index < -0.39 is 0 Å². The molecule has 1 saturated heterocycles. The van der Waals surface area contributed by atoms with E-state index in [1.54, 1.807) is 11.3 Å². The molecular weight excluding hydrogens is 394 g/mol. The molecule has 3 rings (SSSR count). The summed E-state index contributed by atoms with van der Waals surface area (Å²) in [6.07, 6.45) is 2.14. The Labute approximate surface area is 145 Å². The Hall–Kier alpha value is -0.470. The number of hydrogen-bond donors (Lipinski definition) is 2. The molecule has 2 N–H and O–H groups in total. The molecule has 21 heavy (non-hydrogen) atoms. The Bertz CT molecular complexity index is 610. The summed E-state index contributed by atoms with van der Waals surface area (Å²) in [5.41, 5.74) is 0.514. The number of aromatic nitrogens is 1. The molecule has 1 amide bonds. The van der Waals surface area contributed by atoms with Crippen LogP contribution in [-0.4, -0.2) is 30.0 Å². The zero-order valence-electron chi connectivity index (χ0n) is 11.1. The summed E-state index contributed by atoms with van der Waals surface area (Å²) in [5, 5.41) is 9.06. The van der Waals surface area contributed by atoms with E-state index in [0.717, 1.165) is 39.6 Å². The third-order valence-corrected chi connectivity index (χ3v) is 5.79. The number of carbonyl (C=O) groups is 1. The lowest BCUT2D eigenvalue weighted by atomic mass is 10.1. The van der Waals surface area contributed by atoms with E-state index in [1.165, 1.54) is 11.3 Å². The van der Waals surface area contributed by atoms with Crippen LogP contribution in [0.3, 0.4) is 0 Å². The number of rotatable bonds is 3. The number of halogens is 2. The summed E-state index contributed by atoms with van der Waals surface area (Å²) in [7, 11) is 0. The lowest BCUT2D eigenvalue weighted by Gasteiger charge is -2.23. The number of thiazole rings is 1. The molecule has 2 aromatic rings. The van der Waals surface area contributed by atoms with E-state index in [0.29, 0.717) is 5.69 Å². The number of nitrogens with one attached hydrogen (secondary N) is 2. The highest BCUT2D eigenvalue weighted by atomic mass is 79.9. The van der Waals surface area contributed by atoms with Gasteiger partial charge in [0.05, 0.1) is 8.66 Å². The number of hydrogen-bond acceptors (Lipinski definition) is 5.